The molecule has 0 unspecified atom stereocenters. The number of rotatable bonds is 7. The molecule has 6 nitrogen and oxygen atoms in total. The molecule has 3 rings (SSSR count). The SMILES string of the molecule is CCOc1ccccc1NC(=O)c1cc(C)nc(NCc2ccc(Cl)cc2)n1. The van der Waals surface area contributed by atoms with Gasteiger partial charge in [0.1, 0.15) is 11.4 Å². The molecule has 1 heterocycles. The lowest BCUT2D eigenvalue weighted by Gasteiger charge is -2.12. The van der Waals surface area contributed by atoms with E-state index in [0.29, 0.717) is 41.3 Å². The van der Waals surface area contributed by atoms with Crippen LogP contribution in [0.15, 0.2) is 54.6 Å². The largest absolute Gasteiger partial charge is 0.492 e. The second-order valence-corrected chi connectivity index (χ2v) is 6.52. The first kappa shape index (κ1) is 19.6. The van der Waals surface area contributed by atoms with Crippen molar-refractivity contribution in [2.75, 3.05) is 17.2 Å². The van der Waals surface area contributed by atoms with Crippen LogP contribution in [0.5, 0.6) is 5.75 Å². The first-order valence-corrected chi connectivity index (χ1v) is 9.30. The van der Waals surface area contributed by atoms with Crippen LogP contribution in [0.1, 0.15) is 28.7 Å². The van der Waals surface area contributed by atoms with Crippen molar-refractivity contribution in [3.8, 4) is 5.75 Å². The normalized spacial score (nSPS) is 10.4. The molecule has 0 radical (unpaired) electrons. The Balaban J connectivity index is 1.73. The first-order valence-electron chi connectivity index (χ1n) is 8.92. The van der Waals surface area contributed by atoms with Crippen LogP contribution in [0.4, 0.5) is 11.6 Å². The number of carbonyl (C=O) groups is 1. The van der Waals surface area contributed by atoms with Crippen LogP contribution in [-0.4, -0.2) is 22.5 Å². The Hall–Kier alpha value is -3.12. The molecule has 2 N–H and O–H groups in total. The number of halogens is 1. The predicted molar refractivity (Wildman–Crippen MR) is 111 cm³/mol. The molecule has 0 fully saturated rings. The first-order chi connectivity index (χ1) is 13.5. The van der Waals surface area contributed by atoms with E-state index in [-0.39, 0.29) is 11.6 Å². The molecule has 28 heavy (non-hydrogen) atoms. The van der Waals surface area contributed by atoms with Crippen molar-refractivity contribution in [3.63, 3.8) is 0 Å². The lowest BCUT2D eigenvalue weighted by Crippen LogP contribution is -2.16. The van der Waals surface area contributed by atoms with Gasteiger partial charge in [-0.25, -0.2) is 9.97 Å². The van der Waals surface area contributed by atoms with E-state index in [1.807, 2.05) is 56.3 Å². The van der Waals surface area contributed by atoms with Gasteiger partial charge in [0.05, 0.1) is 12.3 Å². The molecular formula is C21H21ClN4O2. The summed E-state index contributed by atoms with van der Waals surface area (Å²) in [6.07, 6.45) is 0. The molecule has 3 aromatic rings. The highest BCUT2D eigenvalue weighted by Crippen LogP contribution is 2.24. The summed E-state index contributed by atoms with van der Waals surface area (Å²) in [5.41, 5.74) is 2.60. The molecule has 7 heteroatoms. The van der Waals surface area contributed by atoms with Crippen molar-refractivity contribution < 1.29 is 9.53 Å². The number of nitrogens with one attached hydrogen (secondary N) is 2. The zero-order valence-corrected chi connectivity index (χ0v) is 16.5. The van der Waals surface area contributed by atoms with Gasteiger partial charge in [0.15, 0.2) is 0 Å². The fourth-order valence-electron chi connectivity index (χ4n) is 2.58. The maximum atomic E-state index is 12.7. The summed E-state index contributed by atoms with van der Waals surface area (Å²) in [5.74, 6) is 0.676. The van der Waals surface area contributed by atoms with Gasteiger partial charge in [-0.2, -0.15) is 0 Å². The van der Waals surface area contributed by atoms with Gasteiger partial charge >= 0.3 is 0 Å². The van der Waals surface area contributed by atoms with Crippen molar-refractivity contribution in [3.05, 3.63) is 76.6 Å². The van der Waals surface area contributed by atoms with Gasteiger partial charge in [0.2, 0.25) is 5.95 Å². The molecule has 144 valence electrons. The summed E-state index contributed by atoms with van der Waals surface area (Å²) in [7, 11) is 0. The summed E-state index contributed by atoms with van der Waals surface area (Å²) in [6.45, 7) is 4.75. The predicted octanol–water partition coefficient (Wildman–Crippen LogP) is 4.70. The van der Waals surface area contributed by atoms with E-state index < -0.39 is 0 Å². The third-order valence-electron chi connectivity index (χ3n) is 3.89. The molecule has 2 aromatic carbocycles. The quantitative estimate of drug-likeness (QED) is 0.605. The summed E-state index contributed by atoms with van der Waals surface area (Å²) in [4.78, 5) is 21.4. The molecule has 0 saturated carbocycles. The summed E-state index contributed by atoms with van der Waals surface area (Å²) >= 11 is 5.90. The number of benzene rings is 2. The molecule has 0 bridgehead atoms. The van der Waals surface area contributed by atoms with Gasteiger partial charge in [-0.05, 0) is 49.7 Å². The smallest absolute Gasteiger partial charge is 0.274 e. The Labute approximate surface area is 168 Å². The van der Waals surface area contributed by atoms with Crippen molar-refractivity contribution in [2.45, 2.75) is 20.4 Å². The second-order valence-electron chi connectivity index (χ2n) is 6.08. The number of anilines is 2. The minimum atomic E-state index is -0.327. The van der Waals surface area contributed by atoms with E-state index in [1.54, 1.807) is 12.1 Å². The third-order valence-corrected chi connectivity index (χ3v) is 4.14. The van der Waals surface area contributed by atoms with Crippen LogP contribution < -0.4 is 15.4 Å². The average Bonchev–Trinajstić information content (AvgIpc) is 2.69. The number of para-hydroxylation sites is 2. The lowest BCUT2D eigenvalue weighted by atomic mass is 10.2. The number of amides is 1. The van der Waals surface area contributed by atoms with E-state index in [0.717, 1.165) is 5.56 Å². The van der Waals surface area contributed by atoms with Crippen LogP contribution in [-0.2, 0) is 6.54 Å². The highest BCUT2D eigenvalue weighted by atomic mass is 35.5. The Kier molecular flexibility index (Phi) is 6.45. The van der Waals surface area contributed by atoms with Crippen molar-refractivity contribution in [1.82, 2.24) is 9.97 Å². The standard InChI is InChI=1S/C21H21ClN4O2/c1-3-28-19-7-5-4-6-17(19)25-20(27)18-12-14(2)24-21(26-18)23-13-15-8-10-16(22)11-9-15/h4-12H,3,13H2,1-2H3,(H,25,27)(H,23,24,26). The van der Waals surface area contributed by atoms with Crippen LogP contribution >= 0.6 is 11.6 Å². The Morgan fingerprint density at radius 1 is 1.11 bits per heavy atom. The molecule has 0 spiro atoms. The number of ether oxygens (including phenoxy) is 1. The number of aryl methyl sites for hydroxylation is 1. The van der Waals surface area contributed by atoms with Gasteiger partial charge < -0.3 is 15.4 Å². The molecule has 1 amide bonds. The number of nitrogens with zero attached hydrogens (tertiary/aromatic N) is 2. The zero-order valence-electron chi connectivity index (χ0n) is 15.7. The Morgan fingerprint density at radius 3 is 2.61 bits per heavy atom. The van der Waals surface area contributed by atoms with Crippen molar-refractivity contribution in [2.24, 2.45) is 0 Å². The van der Waals surface area contributed by atoms with Crippen molar-refractivity contribution >= 4 is 29.1 Å². The van der Waals surface area contributed by atoms with Crippen LogP contribution in [0, 0.1) is 6.92 Å². The molecular weight excluding hydrogens is 376 g/mol. The lowest BCUT2D eigenvalue weighted by molar-refractivity contribution is 0.102. The van der Waals surface area contributed by atoms with Gasteiger partial charge in [0.25, 0.3) is 5.91 Å². The number of hydrogen-bond donors (Lipinski definition) is 2. The third kappa shape index (κ3) is 5.20. The van der Waals surface area contributed by atoms with E-state index in [4.69, 9.17) is 16.3 Å². The number of carbonyl (C=O) groups excluding carboxylic acids is 1. The molecule has 0 aliphatic heterocycles. The minimum absolute atomic E-state index is 0.275. The maximum absolute atomic E-state index is 12.7. The van der Waals surface area contributed by atoms with E-state index in [9.17, 15) is 4.79 Å². The van der Waals surface area contributed by atoms with Crippen LogP contribution in [0.2, 0.25) is 5.02 Å². The van der Waals surface area contributed by atoms with Gasteiger partial charge in [0, 0.05) is 17.3 Å². The summed E-state index contributed by atoms with van der Waals surface area (Å²) in [5, 5.41) is 6.67. The maximum Gasteiger partial charge on any atom is 0.274 e. The molecule has 1 aromatic heterocycles. The summed E-state index contributed by atoms with van der Waals surface area (Å²) < 4.78 is 5.55. The van der Waals surface area contributed by atoms with Gasteiger partial charge in [-0.3, -0.25) is 4.79 Å². The fourth-order valence-corrected chi connectivity index (χ4v) is 2.71. The molecule has 0 atom stereocenters. The average molecular weight is 397 g/mol. The Morgan fingerprint density at radius 2 is 1.86 bits per heavy atom. The second kappa shape index (κ2) is 9.19. The number of aromatic nitrogens is 2. The topological polar surface area (TPSA) is 76.1 Å². The number of hydrogen-bond acceptors (Lipinski definition) is 5. The van der Waals surface area contributed by atoms with Crippen LogP contribution in [0.25, 0.3) is 0 Å². The van der Waals surface area contributed by atoms with Gasteiger partial charge in [-0.15, -0.1) is 0 Å². The molecule has 0 aliphatic carbocycles. The zero-order chi connectivity index (χ0) is 19.9. The highest BCUT2D eigenvalue weighted by Gasteiger charge is 2.13. The monoisotopic (exact) mass is 396 g/mol. The van der Waals surface area contributed by atoms with E-state index >= 15 is 0 Å². The molecule has 0 saturated heterocycles. The highest BCUT2D eigenvalue weighted by molar-refractivity contribution is 6.30. The minimum Gasteiger partial charge on any atom is -0.492 e. The van der Waals surface area contributed by atoms with Crippen LogP contribution in [0.3, 0.4) is 0 Å². The Bertz CT molecular complexity index is 961. The van der Waals surface area contributed by atoms with Crippen molar-refractivity contribution in [1.29, 1.82) is 0 Å². The van der Waals surface area contributed by atoms with E-state index in [1.165, 1.54) is 0 Å². The molecule has 0 aliphatic rings. The van der Waals surface area contributed by atoms with Gasteiger partial charge in [-0.1, -0.05) is 35.9 Å². The van der Waals surface area contributed by atoms with E-state index in [2.05, 4.69) is 20.6 Å². The fraction of sp³-hybridized carbons (Fsp3) is 0.190. The summed E-state index contributed by atoms with van der Waals surface area (Å²) in [6, 6.07) is 16.4.